The first-order chi connectivity index (χ1) is 21.2. The average Bonchev–Trinajstić information content (AvgIpc) is 3.56. The zero-order chi connectivity index (χ0) is 31.7. The number of hydrogen-bond donors (Lipinski definition) is 3. The molecule has 12 unspecified atom stereocenters. The number of esters is 1. The Bertz CT molecular complexity index is 1020. The number of rotatable bonds is 7. The highest BCUT2D eigenvalue weighted by Gasteiger charge is 2.60. The minimum Gasteiger partial charge on any atom is -0.462 e. The first kappa shape index (κ1) is 33.9. The highest BCUT2D eigenvalue weighted by Crippen LogP contribution is 2.57. The topological polar surface area (TPSA) is 142 Å². The average molecular weight is 624 g/mol. The number of Topliss-reactive ketones (excluding diaryl/α,β-unsaturated/α-hetero) is 1. The molecule has 0 bridgehead atoms. The second-order valence-corrected chi connectivity index (χ2v) is 13.7. The Kier molecular flexibility index (Phi) is 11.2. The van der Waals surface area contributed by atoms with Crippen molar-refractivity contribution in [3.63, 3.8) is 0 Å². The molecule has 0 aromatic rings. The summed E-state index contributed by atoms with van der Waals surface area (Å²) < 4.78 is 35.9. The van der Waals surface area contributed by atoms with Gasteiger partial charge in [-0.1, -0.05) is 26.0 Å². The molecule has 11 heteroatoms. The zero-order valence-corrected chi connectivity index (χ0v) is 27.0. The van der Waals surface area contributed by atoms with E-state index in [1.165, 1.54) is 0 Å². The first-order valence-electron chi connectivity index (χ1n) is 16.6. The Hall–Kier alpha value is -1.44. The molecular formula is C33H53NO10. The lowest BCUT2D eigenvalue weighted by Crippen LogP contribution is -2.59. The predicted molar refractivity (Wildman–Crippen MR) is 158 cm³/mol. The van der Waals surface area contributed by atoms with Crippen LogP contribution in [0.4, 0.5) is 0 Å². The molecule has 2 heterocycles. The Balaban J connectivity index is 1.38. The van der Waals surface area contributed by atoms with Crippen LogP contribution in [0.25, 0.3) is 0 Å². The van der Waals surface area contributed by atoms with E-state index in [1.54, 1.807) is 28.3 Å². The third-order valence-electron chi connectivity index (χ3n) is 11.5. The van der Waals surface area contributed by atoms with E-state index < -0.39 is 36.4 Å². The number of methoxy groups -OCH3 is 3. The maximum atomic E-state index is 14.1. The van der Waals surface area contributed by atoms with E-state index in [4.69, 9.17) is 28.4 Å². The molecular weight excluding hydrogens is 570 g/mol. The summed E-state index contributed by atoms with van der Waals surface area (Å²) in [5.74, 6) is -1.90. The van der Waals surface area contributed by atoms with Crippen LogP contribution in [0.3, 0.4) is 0 Å². The summed E-state index contributed by atoms with van der Waals surface area (Å²) in [5, 5.41) is 21.6. The fraction of sp³-hybridized carbons (Fsp3) is 0.879. The molecule has 44 heavy (non-hydrogen) atoms. The van der Waals surface area contributed by atoms with Crippen LogP contribution < -0.4 is 5.48 Å². The summed E-state index contributed by atoms with van der Waals surface area (Å²) in [5.41, 5.74) is 2.53. The summed E-state index contributed by atoms with van der Waals surface area (Å²) in [6, 6.07) is -0.556. The molecule has 250 valence electrons. The maximum absolute atomic E-state index is 14.1. The van der Waals surface area contributed by atoms with E-state index in [0.29, 0.717) is 32.1 Å². The molecule has 3 N–H and O–H groups in total. The fourth-order valence-corrected chi connectivity index (χ4v) is 9.19. The van der Waals surface area contributed by atoms with Crippen molar-refractivity contribution in [1.82, 2.24) is 5.48 Å². The lowest BCUT2D eigenvalue weighted by atomic mass is 9.70. The van der Waals surface area contributed by atoms with E-state index in [2.05, 4.69) is 17.6 Å². The largest absolute Gasteiger partial charge is 0.462 e. The van der Waals surface area contributed by atoms with Crippen molar-refractivity contribution in [2.45, 2.75) is 121 Å². The molecule has 0 spiro atoms. The third-order valence-corrected chi connectivity index (χ3v) is 11.5. The maximum Gasteiger partial charge on any atom is 0.306 e. The standard InChI is InChI=1S/C33H53NO10/c1-7-19-9-8-10-24(35)16(2)29(37)27-23(15-25(36)43-19)21-12-11-18-13-20(14-22(18)26(21)28(27)34-38)44-33-32(41-6)31(40-5)30(39-4)17(3)42-33/h11-12,16-24,26-28,30-35,38H,7-10,13-15H2,1-6H3/t16?,17-,18?,19?,20?,21?,22?,23?,24?,26?,27?,28?,30+,31-,32-,33?/m1/s1. The van der Waals surface area contributed by atoms with Crippen LogP contribution in [0, 0.1) is 41.4 Å². The fourth-order valence-electron chi connectivity index (χ4n) is 9.19. The number of carbonyl (C=O) groups excluding carboxylic acids is 2. The zero-order valence-electron chi connectivity index (χ0n) is 27.0. The molecule has 0 aromatic heterocycles. The van der Waals surface area contributed by atoms with Crippen molar-refractivity contribution < 1.29 is 48.3 Å². The number of aliphatic hydroxyl groups excluding tert-OH is 1. The summed E-state index contributed by atoms with van der Waals surface area (Å²) in [4.78, 5) is 27.3. The lowest BCUT2D eigenvalue weighted by Gasteiger charge is -2.44. The number of cyclic esters (lactones) is 1. The van der Waals surface area contributed by atoms with Crippen LogP contribution in [0.15, 0.2) is 12.2 Å². The lowest BCUT2D eigenvalue weighted by molar-refractivity contribution is -0.314. The molecule has 0 radical (unpaired) electrons. The van der Waals surface area contributed by atoms with Crippen molar-refractivity contribution in [2.75, 3.05) is 21.3 Å². The molecule has 2 saturated heterocycles. The summed E-state index contributed by atoms with van der Waals surface area (Å²) >= 11 is 0. The molecule has 5 rings (SSSR count). The highest BCUT2D eigenvalue weighted by atomic mass is 16.7. The van der Waals surface area contributed by atoms with Gasteiger partial charge in [0.15, 0.2) is 6.29 Å². The van der Waals surface area contributed by atoms with Crippen LogP contribution in [0.2, 0.25) is 0 Å². The van der Waals surface area contributed by atoms with E-state index >= 15 is 0 Å². The smallest absolute Gasteiger partial charge is 0.306 e. The second-order valence-electron chi connectivity index (χ2n) is 13.7. The number of aliphatic hydroxyl groups is 1. The van der Waals surface area contributed by atoms with Crippen molar-refractivity contribution in [3.05, 3.63) is 12.2 Å². The Labute approximate surface area is 261 Å². The van der Waals surface area contributed by atoms with Gasteiger partial charge in [-0.2, -0.15) is 0 Å². The van der Waals surface area contributed by atoms with Crippen molar-refractivity contribution in [1.29, 1.82) is 0 Å². The molecule has 0 aromatic carbocycles. The van der Waals surface area contributed by atoms with Gasteiger partial charge in [0, 0.05) is 45.6 Å². The SMILES string of the molecule is CCC1CCCC(O)C(C)C(=O)C2C(CC(=O)O1)C1C=CC3CC(OC4O[C@H](C)[C@H](OC)[C@@H](OC)[C@H]4OC)CC3C1C2NO. The second kappa shape index (κ2) is 14.5. The van der Waals surface area contributed by atoms with Gasteiger partial charge in [-0.25, -0.2) is 5.48 Å². The summed E-state index contributed by atoms with van der Waals surface area (Å²) in [6.07, 6.45) is 5.23. The van der Waals surface area contributed by atoms with Gasteiger partial charge in [0.25, 0.3) is 0 Å². The van der Waals surface area contributed by atoms with Crippen molar-refractivity contribution in [3.8, 4) is 0 Å². The van der Waals surface area contributed by atoms with Gasteiger partial charge in [-0.3, -0.25) is 9.59 Å². The number of ketones is 1. The van der Waals surface area contributed by atoms with Crippen LogP contribution in [-0.2, 0) is 38.0 Å². The number of carbonyl (C=O) groups is 2. The summed E-state index contributed by atoms with van der Waals surface area (Å²) in [6.45, 7) is 5.71. The normalized spacial score (nSPS) is 48.1. The molecule has 0 amide bonds. The minimum atomic E-state index is -0.787. The molecule has 2 saturated carbocycles. The highest BCUT2D eigenvalue weighted by molar-refractivity contribution is 5.86. The number of ether oxygens (including phenoxy) is 6. The first-order valence-corrected chi connectivity index (χ1v) is 16.6. The predicted octanol–water partition coefficient (Wildman–Crippen LogP) is 3.05. The van der Waals surface area contributed by atoms with E-state index in [-0.39, 0.29) is 78.3 Å². The van der Waals surface area contributed by atoms with Gasteiger partial charge in [0.05, 0.1) is 18.3 Å². The van der Waals surface area contributed by atoms with Gasteiger partial charge in [-0.05, 0) is 75.0 Å². The molecule has 4 fully saturated rings. The van der Waals surface area contributed by atoms with Crippen LogP contribution in [0.1, 0.15) is 65.7 Å². The summed E-state index contributed by atoms with van der Waals surface area (Å²) in [7, 11) is 4.87. The van der Waals surface area contributed by atoms with E-state index in [1.807, 2.05) is 13.8 Å². The number of fused-ring (bicyclic) bond motifs is 5. The van der Waals surface area contributed by atoms with Crippen LogP contribution in [0.5, 0.6) is 0 Å². The number of hydrogen-bond acceptors (Lipinski definition) is 11. The Morgan fingerprint density at radius 1 is 0.977 bits per heavy atom. The quantitative estimate of drug-likeness (QED) is 0.219. The molecule has 3 aliphatic carbocycles. The van der Waals surface area contributed by atoms with E-state index in [0.717, 1.165) is 6.42 Å². The van der Waals surface area contributed by atoms with Crippen LogP contribution >= 0.6 is 0 Å². The monoisotopic (exact) mass is 623 g/mol. The molecule has 2 aliphatic heterocycles. The Morgan fingerprint density at radius 3 is 2.36 bits per heavy atom. The van der Waals surface area contributed by atoms with Crippen molar-refractivity contribution >= 4 is 11.8 Å². The molecule has 11 nitrogen and oxygen atoms in total. The van der Waals surface area contributed by atoms with E-state index in [9.17, 15) is 19.9 Å². The van der Waals surface area contributed by atoms with Gasteiger partial charge >= 0.3 is 5.97 Å². The van der Waals surface area contributed by atoms with Gasteiger partial charge in [0.1, 0.15) is 30.2 Å². The van der Waals surface area contributed by atoms with Crippen molar-refractivity contribution in [2.24, 2.45) is 41.4 Å². The van der Waals surface area contributed by atoms with Gasteiger partial charge in [-0.15, -0.1) is 0 Å². The molecule has 5 aliphatic rings. The number of nitrogens with one attached hydrogen (secondary N) is 1. The Morgan fingerprint density at radius 2 is 1.70 bits per heavy atom. The minimum absolute atomic E-state index is 0.0963. The van der Waals surface area contributed by atoms with Gasteiger partial charge in [0.2, 0.25) is 0 Å². The number of allylic oxidation sites excluding steroid dienone is 2. The third kappa shape index (κ3) is 6.40. The molecule has 16 atom stereocenters. The van der Waals surface area contributed by atoms with Crippen LogP contribution in [-0.4, -0.2) is 98.5 Å². The number of hydroxylamine groups is 1. The van der Waals surface area contributed by atoms with Gasteiger partial charge < -0.3 is 38.7 Å².